The lowest BCUT2D eigenvalue weighted by atomic mass is 9.74. The summed E-state index contributed by atoms with van der Waals surface area (Å²) in [6.07, 6.45) is 3.02. The fourth-order valence-corrected chi connectivity index (χ4v) is 1.25. The first-order valence-electron chi connectivity index (χ1n) is 5.58. The van der Waals surface area contributed by atoms with Gasteiger partial charge in [0.2, 0.25) is 5.88 Å². The summed E-state index contributed by atoms with van der Waals surface area (Å²) in [5.74, 6) is -0.0199. The van der Waals surface area contributed by atoms with Gasteiger partial charge in [-0.1, -0.05) is 0 Å². The minimum Gasteiger partial charge on any atom is -0.481 e. The summed E-state index contributed by atoms with van der Waals surface area (Å²) < 4.78 is 4.97. The van der Waals surface area contributed by atoms with Crippen LogP contribution in [0.4, 0.5) is 5.82 Å². The van der Waals surface area contributed by atoms with Gasteiger partial charge >= 0.3 is 5.97 Å². The van der Waals surface area contributed by atoms with E-state index in [1.54, 1.807) is 13.8 Å². The van der Waals surface area contributed by atoms with Gasteiger partial charge in [0.05, 0.1) is 24.9 Å². The van der Waals surface area contributed by atoms with Gasteiger partial charge in [-0.15, -0.1) is 0 Å². The molecule has 0 amide bonds. The van der Waals surface area contributed by atoms with Crippen molar-refractivity contribution in [1.82, 2.24) is 9.97 Å². The summed E-state index contributed by atoms with van der Waals surface area (Å²) in [7, 11) is 1.50. The third-order valence-corrected chi connectivity index (χ3v) is 3.36. The lowest BCUT2D eigenvalue weighted by Crippen LogP contribution is -2.50. The number of anilines is 1. The van der Waals surface area contributed by atoms with Crippen LogP contribution in [0.3, 0.4) is 0 Å². The molecular formula is C12H19N3O3. The SMILES string of the molecule is COc1cncc(NC(C)(C)C(C)(C)C(=O)O)n1. The molecule has 0 aliphatic heterocycles. The molecule has 0 spiro atoms. The zero-order chi connectivity index (χ0) is 14.0. The Kier molecular flexibility index (Phi) is 3.79. The summed E-state index contributed by atoms with van der Waals surface area (Å²) >= 11 is 0. The number of carboxylic acid groups (broad SMARTS) is 1. The van der Waals surface area contributed by atoms with Crippen molar-refractivity contribution in [2.24, 2.45) is 5.41 Å². The van der Waals surface area contributed by atoms with Crippen molar-refractivity contribution in [3.05, 3.63) is 12.4 Å². The largest absolute Gasteiger partial charge is 0.481 e. The second-order valence-electron chi connectivity index (χ2n) is 5.13. The van der Waals surface area contributed by atoms with E-state index in [0.29, 0.717) is 11.7 Å². The average Bonchev–Trinajstić information content (AvgIpc) is 2.28. The summed E-state index contributed by atoms with van der Waals surface area (Å²) in [6, 6.07) is 0. The van der Waals surface area contributed by atoms with E-state index in [1.165, 1.54) is 19.5 Å². The van der Waals surface area contributed by atoms with E-state index in [4.69, 9.17) is 4.74 Å². The number of nitrogens with zero attached hydrogens (tertiary/aromatic N) is 2. The molecule has 0 radical (unpaired) electrons. The number of carboxylic acids is 1. The number of methoxy groups -OCH3 is 1. The van der Waals surface area contributed by atoms with Crippen molar-refractivity contribution in [1.29, 1.82) is 0 Å². The smallest absolute Gasteiger partial charge is 0.311 e. The second-order valence-corrected chi connectivity index (χ2v) is 5.13. The summed E-state index contributed by atoms with van der Waals surface area (Å²) in [6.45, 7) is 6.94. The molecule has 0 aromatic carbocycles. The topological polar surface area (TPSA) is 84.3 Å². The van der Waals surface area contributed by atoms with Crippen LogP contribution in [-0.4, -0.2) is 33.7 Å². The van der Waals surface area contributed by atoms with E-state index in [0.717, 1.165) is 0 Å². The predicted octanol–water partition coefficient (Wildman–Crippen LogP) is 1.79. The molecule has 0 aliphatic carbocycles. The Morgan fingerprint density at radius 1 is 1.33 bits per heavy atom. The van der Waals surface area contributed by atoms with Crippen LogP contribution in [0.2, 0.25) is 0 Å². The number of rotatable bonds is 5. The first kappa shape index (κ1) is 14.2. The van der Waals surface area contributed by atoms with Gasteiger partial charge in [-0.2, -0.15) is 4.98 Å². The lowest BCUT2D eigenvalue weighted by Gasteiger charge is -2.39. The number of aliphatic carboxylic acids is 1. The van der Waals surface area contributed by atoms with Gasteiger partial charge in [-0.05, 0) is 27.7 Å². The van der Waals surface area contributed by atoms with Gasteiger partial charge in [0.25, 0.3) is 0 Å². The molecule has 0 bridgehead atoms. The fraction of sp³-hybridized carbons (Fsp3) is 0.583. The highest BCUT2D eigenvalue weighted by molar-refractivity contribution is 5.76. The molecule has 6 heteroatoms. The maximum absolute atomic E-state index is 11.3. The van der Waals surface area contributed by atoms with Crippen molar-refractivity contribution < 1.29 is 14.6 Å². The number of hydrogen-bond acceptors (Lipinski definition) is 5. The maximum Gasteiger partial charge on any atom is 0.311 e. The number of carbonyl (C=O) groups is 1. The quantitative estimate of drug-likeness (QED) is 0.832. The fourth-order valence-electron chi connectivity index (χ4n) is 1.25. The van der Waals surface area contributed by atoms with E-state index in [2.05, 4.69) is 15.3 Å². The van der Waals surface area contributed by atoms with E-state index in [1.807, 2.05) is 13.8 Å². The normalized spacial score (nSPS) is 12.1. The number of aromatic nitrogens is 2. The molecule has 18 heavy (non-hydrogen) atoms. The van der Waals surface area contributed by atoms with Crippen LogP contribution in [0.15, 0.2) is 12.4 Å². The molecule has 0 fully saturated rings. The molecule has 100 valence electrons. The van der Waals surface area contributed by atoms with Crippen LogP contribution >= 0.6 is 0 Å². The van der Waals surface area contributed by atoms with Gasteiger partial charge in [-0.3, -0.25) is 9.78 Å². The monoisotopic (exact) mass is 253 g/mol. The molecule has 1 aromatic heterocycles. The van der Waals surface area contributed by atoms with Crippen molar-refractivity contribution in [3.63, 3.8) is 0 Å². The predicted molar refractivity (Wildman–Crippen MR) is 67.7 cm³/mol. The van der Waals surface area contributed by atoms with Crippen molar-refractivity contribution >= 4 is 11.8 Å². The Hall–Kier alpha value is -1.85. The number of ether oxygens (including phenoxy) is 1. The lowest BCUT2D eigenvalue weighted by molar-refractivity contribution is -0.149. The Morgan fingerprint density at radius 3 is 2.44 bits per heavy atom. The number of hydrogen-bond donors (Lipinski definition) is 2. The van der Waals surface area contributed by atoms with Crippen LogP contribution in [0.25, 0.3) is 0 Å². The second kappa shape index (κ2) is 4.80. The van der Waals surface area contributed by atoms with Crippen LogP contribution in [-0.2, 0) is 4.79 Å². The zero-order valence-corrected chi connectivity index (χ0v) is 11.3. The third kappa shape index (κ3) is 2.69. The Balaban J connectivity index is 2.98. The Morgan fingerprint density at radius 2 is 1.94 bits per heavy atom. The molecule has 0 aliphatic rings. The molecule has 2 N–H and O–H groups in total. The van der Waals surface area contributed by atoms with Gasteiger partial charge < -0.3 is 15.2 Å². The van der Waals surface area contributed by atoms with Gasteiger partial charge in [0.15, 0.2) is 0 Å². The Labute approximate surface area is 106 Å². The summed E-state index contributed by atoms with van der Waals surface area (Å²) in [5, 5.41) is 12.3. The first-order valence-corrected chi connectivity index (χ1v) is 5.58. The van der Waals surface area contributed by atoms with Crippen LogP contribution in [0, 0.1) is 5.41 Å². The zero-order valence-electron chi connectivity index (χ0n) is 11.3. The minimum absolute atomic E-state index is 0.379. The average molecular weight is 253 g/mol. The van der Waals surface area contributed by atoms with Gasteiger partial charge in [0.1, 0.15) is 5.82 Å². The van der Waals surface area contributed by atoms with E-state index < -0.39 is 16.9 Å². The molecule has 1 rings (SSSR count). The number of nitrogens with one attached hydrogen (secondary N) is 1. The van der Waals surface area contributed by atoms with Crippen LogP contribution < -0.4 is 10.1 Å². The highest BCUT2D eigenvalue weighted by Gasteiger charge is 2.43. The third-order valence-electron chi connectivity index (χ3n) is 3.36. The highest BCUT2D eigenvalue weighted by Crippen LogP contribution is 2.33. The first-order chi connectivity index (χ1) is 8.20. The molecule has 6 nitrogen and oxygen atoms in total. The standard InChI is InChI=1S/C12H19N3O3/c1-11(2,10(16)17)12(3,4)15-8-6-13-7-9(14-8)18-5/h6-7H,1-5H3,(H,14,15)(H,16,17). The van der Waals surface area contributed by atoms with Crippen molar-refractivity contribution in [2.75, 3.05) is 12.4 Å². The molecule has 0 atom stereocenters. The molecule has 1 aromatic rings. The summed E-state index contributed by atoms with van der Waals surface area (Å²) in [5.41, 5.74) is -1.66. The van der Waals surface area contributed by atoms with Gasteiger partial charge in [0, 0.05) is 5.54 Å². The van der Waals surface area contributed by atoms with E-state index >= 15 is 0 Å². The molecular weight excluding hydrogens is 234 g/mol. The van der Waals surface area contributed by atoms with Gasteiger partial charge in [-0.25, -0.2) is 0 Å². The van der Waals surface area contributed by atoms with Crippen LogP contribution in [0.1, 0.15) is 27.7 Å². The van der Waals surface area contributed by atoms with Crippen molar-refractivity contribution in [3.8, 4) is 5.88 Å². The minimum atomic E-state index is -0.961. The molecule has 0 saturated carbocycles. The van der Waals surface area contributed by atoms with E-state index in [-0.39, 0.29) is 0 Å². The van der Waals surface area contributed by atoms with Crippen LogP contribution in [0.5, 0.6) is 5.88 Å². The highest BCUT2D eigenvalue weighted by atomic mass is 16.5. The molecule has 0 unspecified atom stereocenters. The molecule has 0 saturated heterocycles. The summed E-state index contributed by atoms with van der Waals surface area (Å²) in [4.78, 5) is 19.4. The molecule has 1 heterocycles. The van der Waals surface area contributed by atoms with E-state index in [9.17, 15) is 9.90 Å². The maximum atomic E-state index is 11.3. The van der Waals surface area contributed by atoms with Crippen molar-refractivity contribution in [2.45, 2.75) is 33.2 Å². The Bertz CT molecular complexity index is 444.